The highest BCUT2D eigenvalue weighted by Crippen LogP contribution is 2.31. The molecule has 1 fully saturated rings. The van der Waals surface area contributed by atoms with Crippen LogP contribution >= 0.6 is 11.6 Å². The van der Waals surface area contributed by atoms with E-state index in [1.807, 2.05) is 0 Å². The molecule has 0 saturated carbocycles. The first-order valence-electron chi connectivity index (χ1n) is 10.3. The predicted molar refractivity (Wildman–Crippen MR) is 119 cm³/mol. The highest BCUT2D eigenvalue weighted by molar-refractivity contribution is 6.30. The summed E-state index contributed by atoms with van der Waals surface area (Å²) in [7, 11) is 0. The molecular formula is C22H24ClN5O3. The van der Waals surface area contributed by atoms with Crippen molar-refractivity contribution in [2.24, 2.45) is 5.92 Å². The van der Waals surface area contributed by atoms with E-state index in [0.717, 1.165) is 25.9 Å². The van der Waals surface area contributed by atoms with Gasteiger partial charge in [0.2, 0.25) is 11.7 Å². The number of amides is 2. The second-order valence-electron chi connectivity index (χ2n) is 7.87. The zero-order valence-corrected chi connectivity index (χ0v) is 18.1. The number of pyridine rings is 2. The van der Waals surface area contributed by atoms with E-state index in [-0.39, 0.29) is 23.3 Å². The van der Waals surface area contributed by atoms with E-state index < -0.39 is 5.91 Å². The average Bonchev–Trinajstić information content (AvgIpc) is 3.14. The van der Waals surface area contributed by atoms with Crippen molar-refractivity contribution >= 4 is 46.0 Å². The van der Waals surface area contributed by atoms with Crippen LogP contribution in [-0.2, 0) is 4.79 Å². The summed E-state index contributed by atoms with van der Waals surface area (Å²) in [5.74, 6) is -0.481. The summed E-state index contributed by atoms with van der Waals surface area (Å²) in [5.41, 5.74) is 1.13. The summed E-state index contributed by atoms with van der Waals surface area (Å²) >= 11 is 5.85. The van der Waals surface area contributed by atoms with Crippen molar-refractivity contribution in [3.8, 4) is 0 Å². The molecule has 1 saturated heterocycles. The van der Waals surface area contributed by atoms with Crippen molar-refractivity contribution in [3.05, 3.63) is 47.4 Å². The van der Waals surface area contributed by atoms with E-state index in [4.69, 9.17) is 16.0 Å². The van der Waals surface area contributed by atoms with Crippen molar-refractivity contribution in [2.75, 3.05) is 23.7 Å². The van der Waals surface area contributed by atoms with Crippen molar-refractivity contribution in [2.45, 2.75) is 32.7 Å². The molecule has 0 aliphatic carbocycles. The number of aromatic nitrogens is 2. The first kappa shape index (κ1) is 21.3. The first-order valence-corrected chi connectivity index (χ1v) is 10.7. The predicted octanol–water partition coefficient (Wildman–Crippen LogP) is 4.19. The molecular weight excluding hydrogens is 418 g/mol. The lowest BCUT2D eigenvalue weighted by Crippen LogP contribution is -2.41. The van der Waals surface area contributed by atoms with Gasteiger partial charge in [-0.2, -0.15) is 0 Å². The summed E-state index contributed by atoms with van der Waals surface area (Å²) in [6.07, 6.45) is 4.56. The third-order valence-electron chi connectivity index (χ3n) is 5.50. The largest absolute Gasteiger partial charge is 0.447 e. The number of nitrogens with zero attached hydrogens (tertiary/aromatic N) is 3. The molecule has 4 rings (SSSR count). The van der Waals surface area contributed by atoms with Crippen LogP contribution in [0.4, 0.5) is 11.5 Å². The maximum atomic E-state index is 13.0. The lowest BCUT2D eigenvalue weighted by atomic mass is 9.95. The van der Waals surface area contributed by atoms with Gasteiger partial charge in [-0.15, -0.1) is 0 Å². The molecule has 1 aliphatic rings. The second-order valence-corrected chi connectivity index (χ2v) is 8.30. The fraction of sp³-hybridized carbons (Fsp3) is 0.364. The van der Waals surface area contributed by atoms with Crippen LogP contribution in [-0.4, -0.2) is 45.8 Å². The Balaban J connectivity index is 1.56. The number of fused-ring (bicyclic) bond motifs is 1. The average molecular weight is 442 g/mol. The number of carbonyl (C=O) groups is 2. The Bertz CT molecular complexity index is 1090. The van der Waals surface area contributed by atoms with Crippen LogP contribution in [0, 0.1) is 5.92 Å². The van der Waals surface area contributed by atoms with Crippen LogP contribution in [0.5, 0.6) is 0 Å². The van der Waals surface area contributed by atoms with E-state index in [0.29, 0.717) is 28.0 Å². The Labute approximate surface area is 185 Å². The number of nitrogens with one attached hydrogen (secondary N) is 2. The number of likely N-dealkylation sites (tertiary alicyclic amines) is 1. The van der Waals surface area contributed by atoms with Crippen molar-refractivity contribution < 1.29 is 14.0 Å². The molecule has 0 aromatic carbocycles. The minimum absolute atomic E-state index is 0.0154. The van der Waals surface area contributed by atoms with Gasteiger partial charge >= 0.3 is 0 Å². The standard InChI is InChI=1S/C22H24ClN5O3/c1-13(2)28-10-7-14(8-11-28)21(29)27-19-18-16(4-3-9-24-18)31-20(19)22(30)26-17-6-5-15(23)12-25-17/h3-6,9,12-14H,7-8,10-11H2,1-2H3,(H,27,29)(H,25,26,30). The summed E-state index contributed by atoms with van der Waals surface area (Å²) < 4.78 is 5.74. The SMILES string of the molecule is CC(C)N1CCC(C(=O)Nc2c(C(=O)Nc3ccc(Cl)cn3)oc3cccnc23)CC1. The van der Waals surface area contributed by atoms with E-state index in [1.54, 1.807) is 30.5 Å². The number of piperidine rings is 1. The quantitative estimate of drug-likeness (QED) is 0.615. The fourth-order valence-corrected chi connectivity index (χ4v) is 3.84. The number of carbonyl (C=O) groups excluding carboxylic acids is 2. The maximum Gasteiger partial charge on any atom is 0.294 e. The lowest BCUT2D eigenvalue weighted by molar-refractivity contribution is -0.121. The van der Waals surface area contributed by atoms with Gasteiger partial charge in [0.05, 0.1) is 5.02 Å². The molecule has 31 heavy (non-hydrogen) atoms. The molecule has 3 aromatic rings. The van der Waals surface area contributed by atoms with Crippen LogP contribution in [0.3, 0.4) is 0 Å². The highest BCUT2D eigenvalue weighted by atomic mass is 35.5. The summed E-state index contributed by atoms with van der Waals surface area (Å²) in [6.45, 7) is 6.06. The van der Waals surface area contributed by atoms with Gasteiger partial charge in [-0.3, -0.25) is 14.6 Å². The third-order valence-corrected chi connectivity index (χ3v) is 5.72. The van der Waals surface area contributed by atoms with Crippen molar-refractivity contribution in [1.29, 1.82) is 0 Å². The van der Waals surface area contributed by atoms with E-state index in [1.165, 1.54) is 6.20 Å². The highest BCUT2D eigenvalue weighted by Gasteiger charge is 2.29. The number of halogens is 1. The Hall–Kier alpha value is -2.97. The fourth-order valence-electron chi connectivity index (χ4n) is 3.73. The molecule has 0 radical (unpaired) electrons. The topological polar surface area (TPSA) is 100 Å². The van der Waals surface area contributed by atoms with E-state index in [2.05, 4.69) is 39.3 Å². The summed E-state index contributed by atoms with van der Waals surface area (Å²) in [4.78, 5) is 36.6. The van der Waals surface area contributed by atoms with Gasteiger partial charge in [0.15, 0.2) is 5.58 Å². The normalized spacial score (nSPS) is 15.4. The molecule has 3 aromatic heterocycles. The molecule has 9 heteroatoms. The number of anilines is 2. The molecule has 2 N–H and O–H groups in total. The van der Waals surface area contributed by atoms with E-state index in [9.17, 15) is 9.59 Å². The van der Waals surface area contributed by atoms with Gasteiger partial charge in [0, 0.05) is 24.4 Å². The molecule has 8 nitrogen and oxygen atoms in total. The third kappa shape index (κ3) is 4.70. The minimum Gasteiger partial charge on any atom is -0.447 e. The lowest BCUT2D eigenvalue weighted by Gasteiger charge is -2.33. The van der Waals surface area contributed by atoms with Crippen LogP contribution in [0.25, 0.3) is 11.1 Å². The summed E-state index contributed by atoms with van der Waals surface area (Å²) in [6, 6.07) is 7.08. The number of hydrogen-bond acceptors (Lipinski definition) is 6. The Morgan fingerprint density at radius 2 is 1.94 bits per heavy atom. The molecule has 2 amide bonds. The maximum absolute atomic E-state index is 13.0. The Kier molecular flexibility index (Phi) is 6.20. The molecule has 0 bridgehead atoms. The number of hydrogen-bond donors (Lipinski definition) is 2. The number of furan rings is 1. The zero-order valence-electron chi connectivity index (χ0n) is 17.4. The minimum atomic E-state index is -0.530. The smallest absolute Gasteiger partial charge is 0.294 e. The Morgan fingerprint density at radius 3 is 2.61 bits per heavy atom. The Morgan fingerprint density at radius 1 is 1.16 bits per heavy atom. The van der Waals surface area contributed by atoms with Gasteiger partial charge in [-0.05, 0) is 64.0 Å². The zero-order chi connectivity index (χ0) is 22.0. The van der Waals surface area contributed by atoms with Crippen molar-refractivity contribution in [1.82, 2.24) is 14.9 Å². The molecule has 0 atom stereocenters. The van der Waals surface area contributed by atoms with Gasteiger partial charge in [-0.1, -0.05) is 11.6 Å². The van der Waals surface area contributed by atoms with Crippen LogP contribution < -0.4 is 10.6 Å². The van der Waals surface area contributed by atoms with Crippen molar-refractivity contribution in [3.63, 3.8) is 0 Å². The number of rotatable bonds is 5. The molecule has 162 valence electrons. The van der Waals surface area contributed by atoms with Gasteiger partial charge < -0.3 is 20.0 Å². The monoisotopic (exact) mass is 441 g/mol. The second kappa shape index (κ2) is 9.03. The van der Waals surface area contributed by atoms with Gasteiger partial charge in [0.1, 0.15) is 17.0 Å². The van der Waals surface area contributed by atoms with E-state index >= 15 is 0 Å². The van der Waals surface area contributed by atoms with Crippen LogP contribution in [0.1, 0.15) is 37.2 Å². The first-order chi connectivity index (χ1) is 14.9. The van der Waals surface area contributed by atoms with Gasteiger partial charge in [0.25, 0.3) is 5.91 Å². The molecule has 0 spiro atoms. The molecule has 1 aliphatic heterocycles. The molecule has 4 heterocycles. The van der Waals surface area contributed by atoms with Gasteiger partial charge in [-0.25, -0.2) is 4.98 Å². The summed E-state index contributed by atoms with van der Waals surface area (Å²) in [5, 5.41) is 6.04. The van der Waals surface area contributed by atoms with Crippen LogP contribution in [0.2, 0.25) is 5.02 Å². The molecule has 0 unspecified atom stereocenters. The van der Waals surface area contributed by atoms with Crippen LogP contribution in [0.15, 0.2) is 41.1 Å².